The van der Waals surface area contributed by atoms with Crippen molar-refractivity contribution in [1.29, 1.82) is 0 Å². The van der Waals surface area contributed by atoms with E-state index in [2.05, 4.69) is 37.0 Å². The van der Waals surface area contributed by atoms with E-state index in [1.54, 1.807) is 28.4 Å². The first-order valence-corrected chi connectivity index (χ1v) is 9.68. The maximum absolute atomic E-state index is 12.1. The zero-order valence-corrected chi connectivity index (χ0v) is 17.7. The number of hydrazine groups is 1. The van der Waals surface area contributed by atoms with Gasteiger partial charge in [-0.15, -0.1) is 0 Å². The lowest BCUT2D eigenvalue weighted by Crippen LogP contribution is -2.42. The fraction of sp³-hybridized carbons (Fsp3) is 0.222. The topological polar surface area (TPSA) is 96.7 Å². The summed E-state index contributed by atoms with van der Waals surface area (Å²) in [5, 5.41) is 7.02. The third kappa shape index (κ3) is 4.57. The molecule has 3 rings (SSSR count). The van der Waals surface area contributed by atoms with E-state index in [1.165, 1.54) is 0 Å². The van der Waals surface area contributed by atoms with E-state index in [0.29, 0.717) is 22.8 Å². The molecule has 1 aromatic carbocycles. The average molecular weight is 463 g/mol. The van der Waals surface area contributed by atoms with Gasteiger partial charge in [0.2, 0.25) is 5.91 Å². The molecule has 0 saturated carbocycles. The highest BCUT2D eigenvalue weighted by Gasteiger charge is 2.13. The molecule has 2 amide bonds. The number of hydrogen-bond donors (Lipinski definition) is 3. The average Bonchev–Trinajstić information content (AvgIpc) is 3.20. The summed E-state index contributed by atoms with van der Waals surface area (Å²) in [4.78, 5) is 24.3. The van der Waals surface area contributed by atoms with Crippen molar-refractivity contribution in [3.63, 3.8) is 0 Å². The molecule has 10 heteroatoms. The number of carbonyl (C=O) groups excluding carboxylic acids is 2. The van der Waals surface area contributed by atoms with Gasteiger partial charge in [0.15, 0.2) is 10.6 Å². The predicted octanol–water partition coefficient (Wildman–Crippen LogP) is 2.87. The van der Waals surface area contributed by atoms with Crippen LogP contribution in [-0.4, -0.2) is 31.1 Å². The van der Waals surface area contributed by atoms with E-state index in [-0.39, 0.29) is 12.3 Å². The number of aryl methyl sites for hydroxylation is 2. The number of halogens is 1. The number of nitrogens with zero attached hydrogens (tertiary/aromatic N) is 3. The fourth-order valence-corrected chi connectivity index (χ4v) is 3.41. The lowest BCUT2D eigenvalue weighted by atomic mass is 10.1. The first-order chi connectivity index (χ1) is 13.3. The van der Waals surface area contributed by atoms with Gasteiger partial charge in [0.1, 0.15) is 5.69 Å². The molecular formula is C18H19BrN6O2S. The monoisotopic (exact) mass is 462 g/mol. The van der Waals surface area contributed by atoms with Gasteiger partial charge in [-0.05, 0) is 41.1 Å². The molecule has 3 aromatic rings. The number of benzene rings is 1. The Balaban J connectivity index is 1.60. The largest absolute Gasteiger partial charge is 0.345 e. The second kappa shape index (κ2) is 8.53. The van der Waals surface area contributed by atoms with E-state index in [1.807, 2.05) is 31.2 Å². The minimum absolute atomic E-state index is 0.129. The summed E-state index contributed by atoms with van der Waals surface area (Å²) in [6, 6.07) is 9.55. The first-order valence-electron chi connectivity index (χ1n) is 8.48. The number of hydrogen-bond acceptors (Lipinski definition) is 4. The van der Waals surface area contributed by atoms with Crippen LogP contribution in [0.1, 0.15) is 22.5 Å². The molecule has 0 aliphatic rings. The summed E-state index contributed by atoms with van der Waals surface area (Å²) in [6.45, 7) is 2.34. The van der Waals surface area contributed by atoms with E-state index in [4.69, 9.17) is 12.2 Å². The number of aromatic amines is 1. The molecule has 28 heavy (non-hydrogen) atoms. The SMILES string of the molecule is Cc1ccc(-c2n[nH]c(=S)n2CCC(=O)NNC(=O)c2cc(Br)cn2C)cc1. The van der Waals surface area contributed by atoms with Crippen molar-refractivity contribution in [2.75, 3.05) is 0 Å². The zero-order chi connectivity index (χ0) is 20.3. The van der Waals surface area contributed by atoms with Gasteiger partial charge in [-0.25, -0.2) is 0 Å². The van der Waals surface area contributed by atoms with Gasteiger partial charge in [-0.2, -0.15) is 5.10 Å². The number of nitrogens with one attached hydrogen (secondary N) is 3. The molecule has 146 valence electrons. The summed E-state index contributed by atoms with van der Waals surface area (Å²) in [6.07, 6.45) is 1.88. The summed E-state index contributed by atoms with van der Waals surface area (Å²) in [5.41, 5.74) is 7.30. The van der Waals surface area contributed by atoms with Gasteiger partial charge in [-0.3, -0.25) is 30.1 Å². The number of carbonyl (C=O) groups is 2. The molecule has 0 unspecified atom stereocenters. The van der Waals surface area contributed by atoms with Crippen LogP contribution in [0.2, 0.25) is 0 Å². The Bertz CT molecular complexity index is 1070. The highest BCUT2D eigenvalue weighted by atomic mass is 79.9. The molecule has 8 nitrogen and oxygen atoms in total. The smallest absolute Gasteiger partial charge is 0.286 e. The van der Waals surface area contributed by atoms with Crippen molar-refractivity contribution in [3.05, 3.63) is 57.0 Å². The molecule has 2 heterocycles. The Labute approximate surface area is 175 Å². The van der Waals surface area contributed by atoms with Crippen LogP contribution in [0.25, 0.3) is 11.4 Å². The Morgan fingerprint density at radius 3 is 2.61 bits per heavy atom. The van der Waals surface area contributed by atoms with Crippen LogP contribution in [0.15, 0.2) is 41.0 Å². The molecule has 0 radical (unpaired) electrons. The Morgan fingerprint density at radius 1 is 1.25 bits per heavy atom. The number of aromatic nitrogens is 4. The predicted molar refractivity (Wildman–Crippen MR) is 111 cm³/mol. The van der Waals surface area contributed by atoms with Crippen LogP contribution in [0.5, 0.6) is 0 Å². The molecular weight excluding hydrogens is 444 g/mol. The van der Waals surface area contributed by atoms with Crippen molar-refractivity contribution in [1.82, 2.24) is 30.2 Å². The van der Waals surface area contributed by atoms with E-state index in [0.717, 1.165) is 15.6 Å². The maximum Gasteiger partial charge on any atom is 0.286 e. The van der Waals surface area contributed by atoms with Crippen molar-refractivity contribution in [2.45, 2.75) is 19.9 Å². The van der Waals surface area contributed by atoms with Crippen LogP contribution in [0, 0.1) is 11.7 Å². The van der Waals surface area contributed by atoms with Crippen LogP contribution in [-0.2, 0) is 18.4 Å². The second-order valence-corrected chi connectivity index (χ2v) is 7.58. The van der Waals surface area contributed by atoms with E-state index < -0.39 is 5.91 Å². The Kier molecular flexibility index (Phi) is 6.10. The fourth-order valence-electron chi connectivity index (χ4n) is 2.66. The van der Waals surface area contributed by atoms with Gasteiger partial charge in [0.25, 0.3) is 5.91 Å². The summed E-state index contributed by atoms with van der Waals surface area (Å²) < 4.78 is 4.63. The number of amides is 2. The first kappa shape index (κ1) is 20.0. The minimum atomic E-state index is -0.401. The highest BCUT2D eigenvalue weighted by Crippen LogP contribution is 2.18. The van der Waals surface area contributed by atoms with Gasteiger partial charge in [-0.1, -0.05) is 29.8 Å². The molecule has 0 atom stereocenters. The van der Waals surface area contributed by atoms with Crippen molar-refractivity contribution >= 4 is 40.0 Å². The summed E-state index contributed by atoms with van der Waals surface area (Å²) in [7, 11) is 1.74. The van der Waals surface area contributed by atoms with Crippen LogP contribution in [0.3, 0.4) is 0 Å². The van der Waals surface area contributed by atoms with Gasteiger partial charge in [0.05, 0.1) is 0 Å². The van der Waals surface area contributed by atoms with Crippen LogP contribution < -0.4 is 10.9 Å². The molecule has 0 aliphatic carbocycles. The summed E-state index contributed by atoms with van der Waals surface area (Å²) >= 11 is 8.58. The lowest BCUT2D eigenvalue weighted by Gasteiger charge is -2.09. The van der Waals surface area contributed by atoms with Crippen molar-refractivity contribution in [3.8, 4) is 11.4 Å². The quantitative estimate of drug-likeness (QED) is 0.401. The highest BCUT2D eigenvalue weighted by molar-refractivity contribution is 9.10. The third-order valence-electron chi connectivity index (χ3n) is 4.15. The van der Waals surface area contributed by atoms with Gasteiger partial charge < -0.3 is 4.57 Å². The molecule has 3 N–H and O–H groups in total. The number of rotatable bonds is 5. The molecule has 0 bridgehead atoms. The van der Waals surface area contributed by atoms with E-state index in [9.17, 15) is 9.59 Å². The van der Waals surface area contributed by atoms with Gasteiger partial charge in [0, 0.05) is 36.2 Å². The molecule has 0 spiro atoms. The van der Waals surface area contributed by atoms with Crippen molar-refractivity contribution < 1.29 is 9.59 Å². The second-order valence-electron chi connectivity index (χ2n) is 6.28. The standard InChI is InChI=1S/C18H19BrN6O2S/c1-11-3-5-12(6-4-11)16-21-23-18(28)25(16)8-7-15(26)20-22-17(27)14-9-13(19)10-24(14)2/h3-6,9-10H,7-8H2,1-2H3,(H,20,26)(H,22,27)(H,23,28). The third-order valence-corrected chi connectivity index (χ3v) is 4.90. The molecule has 0 aliphatic heterocycles. The maximum atomic E-state index is 12.1. The molecule has 0 fully saturated rings. The van der Waals surface area contributed by atoms with Gasteiger partial charge >= 0.3 is 0 Å². The Hall–Kier alpha value is -2.72. The summed E-state index contributed by atoms with van der Waals surface area (Å²) in [5.74, 6) is -0.0723. The lowest BCUT2D eigenvalue weighted by molar-refractivity contribution is -0.122. The zero-order valence-electron chi connectivity index (χ0n) is 15.3. The Morgan fingerprint density at radius 2 is 1.96 bits per heavy atom. The number of H-pyrrole nitrogens is 1. The molecule has 0 saturated heterocycles. The minimum Gasteiger partial charge on any atom is -0.345 e. The van der Waals surface area contributed by atoms with Crippen LogP contribution >= 0.6 is 28.1 Å². The normalized spacial score (nSPS) is 10.7. The molecule has 2 aromatic heterocycles. The van der Waals surface area contributed by atoms with Crippen molar-refractivity contribution in [2.24, 2.45) is 7.05 Å². The van der Waals surface area contributed by atoms with Crippen LogP contribution in [0.4, 0.5) is 0 Å². The van der Waals surface area contributed by atoms with E-state index >= 15 is 0 Å².